The molecule has 0 bridgehead atoms. The summed E-state index contributed by atoms with van der Waals surface area (Å²) in [5.41, 5.74) is 3.14. The molecule has 0 unspecified atom stereocenters. The van der Waals surface area contributed by atoms with Gasteiger partial charge in [0.25, 0.3) is 11.8 Å². The number of carbonyl (C=O) groups excluding carboxylic acids is 2. The Morgan fingerprint density at radius 3 is 1.50 bits per heavy atom. The van der Waals surface area contributed by atoms with Gasteiger partial charge in [-0.2, -0.15) is 0 Å². The summed E-state index contributed by atoms with van der Waals surface area (Å²) in [5.74, 6) is -0.665. The highest BCUT2D eigenvalue weighted by Gasteiger charge is 2.21. The fraction of sp³-hybridized carbons (Fsp3) is 0.0769. The number of thiophene rings is 2. The molecule has 0 saturated heterocycles. The summed E-state index contributed by atoms with van der Waals surface area (Å²) in [4.78, 5) is 27.0. The van der Waals surface area contributed by atoms with E-state index in [1.54, 1.807) is 24.3 Å². The van der Waals surface area contributed by atoms with E-state index in [9.17, 15) is 9.59 Å². The number of halogens is 2. The minimum atomic E-state index is -0.332. The van der Waals surface area contributed by atoms with Gasteiger partial charge in [0.2, 0.25) is 0 Å². The van der Waals surface area contributed by atoms with Crippen molar-refractivity contribution in [2.75, 3.05) is 10.6 Å². The number of hydrogen-bond donors (Lipinski definition) is 2. The Labute approximate surface area is 214 Å². The molecular weight excluding hydrogens is 507 g/mol. The number of rotatable bonds is 4. The molecular formula is C26H18Cl2N2O2S2. The molecule has 4 nitrogen and oxygen atoms in total. The molecule has 0 fully saturated rings. The maximum absolute atomic E-state index is 13.1. The number of aryl methyl sites for hydroxylation is 2. The fourth-order valence-corrected chi connectivity index (χ4v) is 6.72. The molecule has 34 heavy (non-hydrogen) atoms. The van der Waals surface area contributed by atoms with E-state index in [1.807, 2.05) is 50.2 Å². The summed E-state index contributed by atoms with van der Waals surface area (Å²) < 4.78 is 1.90. The summed E-state index contributed by atoms with van der Waals surface area (Å²) in [7, 11) is 0. The number of hydrogen-bond acceptors (Lipinski definition) is 4. The number of nitrogens with one attached hydrogen (secondary N) is 2. The first-order valence-corrected chi connectivity index (χ1v) is 12.8. The van der Waals surface area contributed by atoms with Crippen molar-refractivity contribution in [1.82, 2.24) is 0 Å². The molecule has 3 aromatic carbocycles. The topological polar surface area (TPSA) is 58.2 Å². The number of benzene rings is 3. The molecule has 2 aromatic heterocycles. The lowest BCUT2D eigenvalue weighted by Crippen LogP contribution is -2.16. The molecule has 0 aliphatic carbocycles. The number of fused-ring (bicyclic) bond motifs is 2. The predicted octanol–water partition coefficient (Wildman–Crippen LogP) is 8.54. The van der Waals surface area contributed by atoms with Gasteiger partial charge in [-0.15, -0.1) is 22.7 Å². The molecule has 0 radical (unpaired) electrons. The summed E-state index contributed by atoms with van der Waals surface area (Å²) >= 11 is 15.7. The molecule has 2 amide bonds. The van der Waals surface area contributed by atoms with Gasteiger partial charge in [-0.25, -0.2) is 0 Å². The van der Waals surface area contributed by atoms with Crippen molar-refractivity contribution in [2.45, 2.75) is 13.8 Å². The van der Waals surface area contributed by atoms with Gasteiger partial charge in [-0.3, -0.25) is 9.59 Å². The Bertz CT molecular complexity index is 1480. The van der Waals surface area contributed by atoms with Crippen LogP contribution in [0.2, 0.25) is 10.0 Å². The zero-order valence-electron chi connectivity index (χ0n) is 18.2. The highest BCUT2D eigenvalue weighted by atomic mass is 35.5. The Hall–Kier alpha value is -2.90. The van der Waals surface area contributed by atoms with E-state index in [0.29, 0.717) is 31.2 Å². The number of carbonyl (C=O) groups is 2. The van der Waals surface area contributed by atoms with E-state index in [4.69, 9.17) is 23.2 Å². The van der Waals surface area contributed by atoms with E-state index in [1.165, 1.54) is 22.7 Å². The highest BCUT2D eigenvalue weighted by molar-refractivity contribution is 7.22. The van der Waals surface area contributed by atoms with Crippen molar-refractivity contribution >= 4 is 89.2 Å². The molecule has 0 saturated carbocycles. The van der Waals surface area contributed by atoms with Crippen LogP contribution in [-0.2, 0) is 0 Å². The fourth-order valence-electron chi connectivity index (χ4n) is 3.70. The zero-order chi connectivity index (χ0) is 24.0. The van der Waals surface area contributed by atoms with Crippen LogP contribution in [0, 0.1) is 13.8 Å². The normalized spacial score (nSPS) is 11.2. The minimum absolute atomic E-state index is 0.332. The number of amides is 2. The second-order valence-corrected chi connectivity index (χ2v) is 10.8. The lowest BCUT2D eigenvalue weighted by atomic mass is 10.2. The van der Waals surface area contributed by atoms with Crippen molar-refractivity contribution in [3.63, 3.8) is 0 Å². The molecule has 5 rings (SSSR count). The Morgan fingerprint density at radius 1 is 0.676 bits per heavy atom. The average Bonchev–Trinajstić information content (AvgIpc) is 3.31. The average molecular weight is 525 g/mol. The first-order chi connectivity index (χ1) is 16.3. The Morgan fingerprint density at radius 2 is 1.09 bits per heavy atom. The van der Waals surface area contributed by atoms with Crippen molar-refractivity contribution in [2.24, 2.45) is 0 Å². The van der Waals surface area contributed by atoms with Crippen LogP contribution in [0.15, 0.2) is 60.7 Å². The highest BCUT2D eigenvalue weighted by Crippen LogP contribution is 2.38. The zero-order valence-corrected chi connectivity index (χ0v) is 21.3. The smallest absolute Gasteiger partial charge is 0.267 e. The first-order valence-electron chi connectivity index (χ1n) is 10.4. The van der Waals surface area contributed by atoms with Crippen molar-refractivity contribution in [3.05, 3.63) is 91.6 Å². The van der Waals surface area contributed by atoms with E-state index < -0.39 is 0 Å². The molecule has 0 spiro atoms. The van der Waals surface area contributed by atoms with E-state index in [0.717, 1.165) is 31.3 Å². The SMILES string of the molecule is Cc1ccc2c(Cl)c(C(=O)Nc3ccccc3NC(=O)c3sc4cc(C)ccc4c3Cl)sc2c1. The van der Waals surface area contributed by atoms with Gasteiger partial charge in [0.1, 0.15) is 9.75 Å². The lowest BCUT2D eigenvalue weighted by Gasteiger charge is -2.11. The maximum Gasteiger partial charge on any atom is 0.267 e. The number of para-hydroxylation sites is 2. The second kappa shape index (κ2) is 9.04. The van der Waals surface area contributed by atoms with Crippen LogP contribution in [0.3, 0.4) is 0 Å². The van der Waals surface area contributed by atoms with Gasteiger partial charge in [0.15, 0.2) is 0 Å². The van der Waals surface area contributed by atoms with Crippen LogP contribution in [0.25, 0.3) is 20.2 Å². The predicted molar refractivity (Wildman–Crippen MR) is 145 cm³/mol. The second-order valence-electron chi connectivity index (χ2n) is 7.94. The first kappa shape index (κ1) is 22.9. The number of anilines is 2. The van der Waals surface area contributed by atoms with Crippen LogP contribution in [-0.4, -0.2) is 11.8 Å². The van der Waals surface area contributed by atoms with Crippen molar-refractivity contribution < 1.29 is 9.59 Å². The van der Waals surface area contributed by atoms with Gasteiger partial charge in [-0.1, -0.05) is 59.6 Å². The third kappa shape index (κ3) is 4.18. The van der Waals surface area contributed by atoms with E-state index >= 15 is 0 Å². The van der Waals surface area contributed by atoms with Gasteiger partial charge in [0.05, 0.1) is 21.4 Å². The van der Waals surface area contributed by atoms with Gasteiger partial charge >= 0.3 is 0 Å². The molecule has 170 valence electrons. The quantitative estimate of drug-likeness (QED) is 0.247. The standard InChI is InChI=1S/C26H18Cl2N2O2S2/c1-13-7-9-15-19(11-13)33-23(21(15)27)25(31)29-17-5-3-4-6-18(17)30-26(32)24-22(28)16-10-8-14(2)12-20(16)34-24/h3-12H,1-2H3,(H,29,31)(H,30,32). The molecule has 5 aromatic rings. The third-order valence-corrected chi connectivity index (χ3v) is 8.72. The summed E-state index contributed by atoms with van der Waals surface area (Å²) in [6.07, 6.45) is 0. The van der Waals surface area contributed by atoms with E-state index in [2.05, 4.69) is 10.6 Å². The molecule has 0 aliphatic heterocycles. The van der Waals surface area contributed by atoms with E-state index in [-0.39, 0.29) is 11.8 Å². The minimum Gasteiger partial charge on any atom is -0.319 e. The van der Waals surface area contributed by atoms with Gasteiger partial charge in [0, 0.05) is 20.2 Å². The van der Waals surface area contributed by atoms with Crippen molar-refractivity contribution in [3.8, 4) is 0 Å². The summed E-state index contributed by atoms with van der Waals surface area (Å²) in [6.45, 7) is 3.99. The third-order valence-electron chi connectivity index (χ3n) is 5.41. The van der Waals surface area contributed by atoms with Crippen LogP contribution < -0.4 is 10.6 Å². The lowest BCUT2D eigenvalue weighted by molar-refractivity contribution is 0.102. The molecule has 2 heterocycles. The van der Waals surface area contributed by atoms with Crippen LogP contribution >= 0.6 is 45.9 Å². The maximum atomic E-state index is 13.1. The summed E-state index contributed by atoms with van der Waals surface area (Å²) in [5, 5.41) is 8.32. The monoisotopic (exact) mass is 524 g/mol. The Balaban J connectivity index is 1.42. The van der Waals surface area contributed by atoms with Crippen molar-refractivity contribution in [1.29, 1.82) is 0 Å². The van der Waals surface area contributed by atoms with Gasteiger partial charge in [-0.05, 0) is 49.2 Å². The van der Waals surface area contributed by atoms with Gasteiger partial charge < -0.3 is 10.6 Å². The van der Waals surface area contributed by atoms with Crippen LogP contribution in [0.1, 0.15) is 30.5 Å². The largest absolute Gasteiger partial charge is 0.319 e. The molecule has 8 heteroatoms. The van der Waals surface area contributed by atoms with Crippen LogP contribution in [0.5, 0.6) is 0 Å². The summed E-state index contributed by atoms with van der Waals surface area (Å²) in [6, 6.07) is 18.8. The molecule has 2 N–H and O–H groups in total. The molecule has 0 aliphatic rings. The Kier molecular flexibility index (Phi) is 6.08. The van der Waals surface area contributed by atoms with Crippen LogP contribution in [0.4, 0.5) is 11.4 Å². The molecule has 0 atom stereocenters.